The molecule has 3 heterocycles. The molecule has 0 saturated carbocycles. The summed E-state index contributed by atoms with van der Waals surface area (Å²) in [7, 11) is 1.55. The van der Waals surface area contributed by atoms with Crippen LogP contribution >= 0.6 is 22.7 Å². The molecule has 3 aromatic rings. The lowest BCUT2D eigenvalue weighted by molar-refractivity contribution is -0.926. The maximum Gasteiger partial charge on any atom is 0.348 e. The molecule has 3 rings (SSSR count). The van der Waals surface area contributed by atoms with Gasteiger partial charge in [0, 0.05) is 7.11 Å². The van der Waals surface area contributed by atoms with E-state index in [1.807, 2.05) is 6.07 Å². The molecular formula is C19H24N3O4S2+. The Hall–Kier alpha value is -2.07. The third-order valence-corrected chi connectivity index (χ3v) is 6.52. The van der Waals surface area contributed by atoms with E-state index in [4.69, 9.17) is 9.47 Å². The van der Waals surface area contributed by atoms with Crippen LogP contribution in [-0.4, -0.2) is 42.8 Å². The number of nitrogens with zero attached hydrogens (tertiary/aromatic N) is 1. The van der Waals surface area contributed by atoms with Gasteiger partial charge in [0.2, 0.25) is 0 Å². The Kier molecular flexibility index (Phi) is 6.95. The number of H-pyrrole nitrogens is 1. The van der Waals surface area contributed by atoms with Crippen molar-refractivity contribution in [3.05, 3.63) is 49.0 Å². The molecule has 0 fully saturated rings. The zero-order valence-corrected chi connectivity index (χ0v) is 17.8. The minimum absolute atomic E-state index is 0.176. The number of nitrogens with one attached hydrogen (secondary N) is 2. The van der Waals surface area contributed by atoms with Crippen molar-refractivity contribution >= 4 is 38.9 Å². The summed E-state index contributed by atoms with van der Waals surface area (Å²) in [5, 5.41) is 2.53. The standard InChI is InChI=1S/C19H23N3O4S2/c1-4-22(10-13-6-5-9-27-13)11-14-20-17(23)15-12(2)16(28-18(15)21-14)19(24)26-8-7-25-3/h5-6,9H,4,7-8,10-11H2,1-3H3,(H,20,21,23)/p+1. The molecule has 0 bridgehead atoms. The second-order valence-electron chi connectivity index (χ2n) is 6.41. The van der Waals surface area contributed by atoms with Crippen molar-refractivity contribution in [3.63, 3.8) is 0 Å². The van der Waals surface area contributed by atoms with E-state index in [9.17, 15) is 9.59 Å². The summed E-state index contributed by atoms with van der Waals surface area (Å²) >= 11 is 2.93. The predicted molar refractivity (Wildman–Crippen MR) is 110 cm³/mol. The van der Waals surface area contributed by atoms with Crippen LogP contribution in [0.3, 0.4) is 0 Å². The molecule has 0 aromatic carbocycles. The van der Waals surface area contributed by atoms with Gasteiger partial charge in [-0.25, -0.2) is 9.78 Å². The Balaban J connectivity index is 1.83. The first kappa shape index (κ1) is 20.7. The highest BCUT2D eigenvalue weighted by atomic mass is 32.1. The van der Waals surface area contributed by atoms with Crippen LogP contribution in [0.1, 0.15) is 32.9 Å². The summed E-state index contributed by atoms with van der Waals surface area (Å²) in [5.41, 5.74) is 0.400. The minimum Gasteiger partial charge on any atom is -0.459 e. The van der Waals surface area contributed by atoms with Gasteiger partial charge in [-0.3, -0.25) is 4.79 Å². The number of aryl methyl sites for hydroxylation is 1. The number of methoxy groups -OCH3 is 1. The van der Waals surface area contributed by atoms with E-state index in [-0.39, 0.29) is 12.2 Å². The summed E-state index contributed by atoms with van der Waals surface area (Å²) in [4.78, 5) is 36.0. The topological polar surface area (TPSA) is 85.7 Å². The molecule has 0 radical (unpaired) electrons. The van der Waals surface area contributed by atoms with Crippen LogP contribution in [0.25, 0.3) is 10.2 Å². The number of hydrogen-bond donors (Lipinski definition) is 2. The lowest BCUT2D eigenvalue weighted by Gasteiger charge is -2.16. The van der Waals surface area contributed by atoms with E-state index in [0.29, 0.717) is 39.6 Å². The van der Waals surface area contributed by atoms with Crippen molar-refractivity contribution in [2.45, 2.75) is 26.9 Å². The Morgan fingerprint density at radius 3 is 2.82 bits per heavy atom. The second kappa shape index (κ2) is 9.42. The number of rotatable bonds is 9. The summed E-state index contributed by atoms with van der Waals surface area (Å²) < 4.78 is 10.1. The van der Waals surface area contributed by atoms with Gasteiger partial charge in [0.1, 0.15) is 29.4 Å². The fraction of sp³-hybridized carbons (Fsp3) is 0.421. The first-order valence-electron chi connectivity index (χ1n) is 9.07. The van der Waals surface area contributed by atoms with E-state index in [1.165, 1.54) is 21.1 Å². The lowest BCUT2D eigenvalue weighted by Crippen LogP contribution is -3.09. The van der Waals surface area contributed by atoms with Crippen molar-refractivity contribution in [2.75, 3.05) is 26.9 Å². The normalized spacial score (nSPS) is 12.4. The molecule has 1 atom stereocenters. The van der Waals surface area contributed by atoms with Crippen molar-refractivity contribution in [1.29, 1.82) is 0 Å². The smallest absolute Gasteiger partial charge is 0.348 e. The van der Waals surface area contributed by atoms with Gasteiger partial charge in [0.05, 0.1) is 23.4 Å². The zero-order valence-electron chi connectivity index (χ0n) is 16.2. The number of ether oxygens (including phenoxy) is 2. The van der Waals surface area contributed by atoms with Crippen LogP contribution in [-0.2, 0) is 22.6 Å². The molecule has 0 spiro atoms. The largest absolute Gasteiger partial charge is 0.459 e. The molecule has 7 nitrogen and oxygen atoms in total. The van der Waals surface area contributed by atoms with Gasteiger partial charge < -0.3 is 19.4 Å². The molecule has 3 aromatic heterocycles. The van der Waals surface area contributed by atoms with Gasteiger partial charge in [0.15, 0.2) is 5.82 Å². The fourth-order valence-corrected chi connectivity index (χ4v) is 4.83. The first-order chi connectivity index (χ1) is 13.5. The Labute approximate surface area is 170 Å². The maximum absolute atomic E-state index is 12.6. The van der Waals surface area contributed by atoms with Gasteiger partial charge in [-0.05, 0) is 30.9 Å². The third-order valence-electron chi connectivity index (χ3n) is 4.48. The van der Waals surface area contributed by atoms with Gasteiger partial charge in [0.25, 0.3) is 5.56 Å². The van der Waals surface area contributed by atoms with Crippen LogP contribution < -0.4 is 10.5 Å². The number of quaternary nitrogens is 1. The molecule has 1 unspecified atom stereocenters. The van der Waals surface area contributed by atoms with Crippen LogP contribution in [0.15, 0.2) is 22.3 Å². The second-order valence-corrected chi connectivity index (χ2v) is 8.45. The molecule has 150 valence electrons. The molecule has 2 N–H and O–H groups in total. The molecule has 0 amide bonds. The van der Waals surface area contributed by atoms with E-state index in [1.54, 1.807) is 25.4 Å². The van der Waals surface area contributed by atoms with Crippen molar-refractivity contribution in [2.24, 2.45) is 0 Å². The summed E-state index contributed by atoms with van der Waals surface area (Å²) in [6.45, 7) is 6.79. The van der Waals surface area contributed by atoms with E-state index in [2.05, 4.69) is 28.3 Å². The number of carbonyl (C=O) groups is 1. The molecule has 0 aliphatic heterocycles. The number of thiophene rings is 2. The number of fused-ring (bicyclic) bond motifs is 1. The summed E-state index contributed by atoms with van der Waals surface area (Å²) in [5.74, 6) is 0.184. The van der Waals surface area contributed by atoms with Gasteiger partial charge in [-0.1, -0.05) is 6.07 Å². The number of aromatic nitrogens is 2. The molecule has 0 aliphatic carbocycles. The Bertz CT molecular complexity index is 995. The van der Waals surface area contributed by atoms with E-state index in [0.717, 1.165) is 13.1 Å². The summed E-state index contributed by atoms with van der Waals surface area (Å²) in [6, 6.07) is 4.16. The van der Waals surface area contributed by atoms with Gasteiger partial charge in [-0.15, -0.1) is 22.7 Å². The molecule has 0 aliphatic rings. The predicted octanol–water partition coefficient (Wildman–Crippen LogP) is 1.76. The number of hydrogen-bond acceptors (Lipinski definition) is 7. The highest BCUT2D eigenvalue weighted by Gasteiger charge is 2.21. The third kappa shape index (κ3) is 4.67. The van der Waals surface area contributed by atoms with Gasteiger partial charge >= 0.3 is 5.97 Å². The Morgan fingerprint density at radius 1 is 1.32 bits per heavy atom. The molecule has 0 saturated heterocycles. The maximum atomic E-state index is 12.6. The summed E-state index contributed by atoms with van der Waals surface area (Å²) in [6.07, 6.45) is 0. The first-order valence-corrected chi connectivity index (χ1v) is 10.8. The van der Waals surface area contributed by atoms with Crippen molar-refractivity contribution in [3.8, 4) is 0 Å². The van der Waals surface area contributed by atoms with Gasteiger partial charge in [-0.2, -0.15) is 0 Å². The number of carbonyl (C=O) groups excluding carboxylic acids is 1. The minimum atomic E-state index is -0.447. The number of esters is 1. The Morgan fingerprint density at radius 2 is 2.14 bits per heavy atom. The fourth-order valence-electron chi connectivity index (χ4n) is 2.96. The zero-order chi connectivity index (χ0) is 20.1. The molecule has 9 heteroatoms. The quantitative estimate of drug-likeness (QED) is 0.405. The van der Waals surface area contributed by atoms with Crippen molar-refractivity contribution in [1.82, 2.24) is 9.97 Å². The van der Waals surface area contributed by atoms with Crippen LogP contribution in [0, 0.1) is 6.92 Å². The monoisotopic (exact) mass is 422 g/mol. The number of aromatic amines is 1. The van der Waals surface area contributed by atoms with E-state index >= 15 is 0 Å². The van der Waals surface area contributed by atoms with Crippen LogP contribution in [0.5, 0.6) is 0 Å². The highest BCUT2D eigenvalue weighted by Crippen LogP contribution is 2.27. The highest BCUT2D eigenvalue weighted by molar-refractivity contribution is 7.20. The van der Waals surface area contributed by atoms with E-state index < -0.39 is 5.97 Å². The van der Waals surface area contributed by atoms with Crippen LogP contribution in [0.4, 0.5) is 0 Å². The van der Waals surface area contributed by atoms with Crippen LogP contribution in [0.2, 0.25) is 0 Å². The average molecular weight is 423 g/mol. The van der Waals surface area contributed by atoms with Crippen molar-refractivity contribution < 1.29 is 19.2 Å². The molecule has 28 heavy (non-hydrogen) atoms. The average Bonchev–Trinajstić information content (AvgIpc) is 3.29. The molecular weight excluding hydrogens is 398 g/mol. The lowest BCUT2D eigenvalue weighted by atomic mass is 10.2. The SMILES string of the molecule is CC[NH+](Cc1nc2sc(C(=O)OCCOC)c(C)c2c(=O)[nH]1)Cc1cccs1.